The van der Waals surface area contributed by atoms with Crippen LogP contribution in [0.3, 0.4) is 0 Å². The van der Waals surface area contributed by atoms with Gasteiger partial charge in [0.2, 0.25) is 0 Å². The third kappa shape index (κ3) is 1.89. The van der Waals surface area contributed by atoms with Crippen molar-refractivity contribution in [3.05, 3.63) is 34.6 Å². The van der Waals surface area contributed by atoms with E-state index in [2.05, 4.69) is 41.0 Å². The Balaban J connectivity index is 2.10. The number of hydrogen-bond acceptors (Lipinski definition) is 3. The van der Waals surface area contributed by atoms with Crippen molar-refractivity contribution in [1.29, 1.82) is 0 Å². The minimum Gasteiger partial charge on any atom is -0.324 e. The number of rotatable bonds is 1. The minimum absolute atomic E-state index is 0.158. The summed E-state index contributed by atoms with van der Waals surface area (Å²) in [5, 5.41) is 3.15. The highest BCUT2D eigenvalue weighted by Gasteiger charge is 2.32. The van der Waals surface area contributed by atoms with Gasteiger partial charge in [0.25, 0.3) is 0 Å². The molecule has 1 atom stereocenters. The van der Waals surface area contributed by atoms with Crippen LogP contribution >= 0.6 is 11.3 Å². The van der Waals surface area contributed by atoms with Crippen LogP contribution in [0.25, 0.3) is 5.13 Å². The maximum absolute atomic E-state index is 6.29. The second kappa shape index (κ2) is 3.93. The lowest BCUT2D eigenvalue weighted by atomic mass is 9.75. The summed E-state index contributed by atoms with van der Waals surface area (Å²) >= 11 is 1.69. The second-order valence-electron chi connectivity index (χ2n) is 6.01. The van der Waals surface area contributed by atoms with Gasteiger partial charge in [-0.3, -0.25) is 4.57 Å². The van der Waals surface area contributed by atoms with Crippen molar-refractivity contribution >= 4 is 11.3 Å². The predicted octanol–water partition coefficient (Wildman–Crippen LogP) is 3.21. The van der Waals surface area contributed by atoms with E-state index < -0.39 is 0 Å². The molecule has 0 aromatic carbocycles. The molecule has 0 radical (unpaired) electrons. The van der Waals surface area contributed by atoms with Gasteiger partial charge in [-0.25, -0.2) is 4.98 Å². The quantitative estimate of drug-likeness (QED) is 0.856. The van der Waals surface area contributed by atoms with Crippen LogP contribution in [-0.4, -0.2) is 9.55 Å². The molecule has 2 N–H and O–H groups in total. The van der Waals surface area contributed by atoms with Crippen molar-refractivity contribution < 1.29 is 0 Å². The van der Waals surface area contributed by atoms with E-state index >= 15 is 0 Å². The first kappa shape index (κ1) is 11.9. The minimum atomic E-state index is 0.158. The molecule has 0 bridgehead atoms. The predicted molar refractivity (Wildman–Crippen MR) is 75.2 cm³/mol. The van der Waals surface area contributed by atoms with Crippen molar-refractivity contribution in [2.24, 2.45) is 11.1 Å². The largest absolute Gasteiger partial charge is 0.324 e. The molecular formula is C14H19N3S. The topological polar surface area (TPSA) is 43.8 Å². The maximum atomic E-state index is 6.29. The lowest BCUT2D eigenvalue weighted by Crippen LogP contribution is -2.30. The first-order valence-electron chi connectivity index (χ1n) is 6.34. The van der Waals surface area contributed by atoms with Crippen LogP contribution in [0.1, 0.15) is 43.3 Å². The first-order chi connectivity index (χ1) is 8.46. The van der Waals surface area contributed by atoms with Gasteiger partial charge in [-0.2, -0.15) is 0 Å². The number of hydrogen-bond donors (Lipinski definition) is 1. The maximum Gasteiger partial charge on any atom is 0.193 e. The molecule has 0 fully saturated rings. The molecule has 0 aliphatic heterocycles. The van der Waals surface area contributed by atoms with Gasteiger partial charge in [-0.1, -0.05) is 13.8 Å². The lowest BCUT2D eigenvalue weighted by Gasteiger charge is -2.34. The molecule has 3 nitrogen and oxygen atoms in total. The van der Waals surface area contributed by atoms with Crippen molar-refractivity contribution in [1.82, 2.24) is 9.55 Å². The molecule has 0 amide bonds. The van der Waals surface area contributed by atoms with E-state index in [0.717, 1.165) is 23.7 Å². The summed E-state index contributed by atoms with van der Waals surface area (Å²) in [6.45, 7) is 6.62. The van der Waals surface area contributed by atoms with Crippen LogP contribution in [0.15, 0.2) is 17.6 Å². The molecule has 0 spiro atoms. The number of aromatic nitrogens is 2. The number of thiazole rings is 1. The second-order valence-corrected chi connectivity index (χ2v) is 6.85. The summed E-state index contributed by atoms with van der Waals surface area (Å²) in [7, 11) is 0. The Bertz CT molecular complexity index is 580. The summed E-state index contributed by atoms with van der Waals surface area (Å²) in [6, 6.07) is 2.32. The van der Waals surface area contributed by atoms with Gasteiger partial charge in [0.15, 0.2) is 5.13 Å². The number of aryl methyl sites for hydroxylation is 1. The number of fused-ring (bicyclic) bond motifs is 1. The molecule has 18 heavy (non-hydrogen) atoms. The third-order valence-electron chi connectivity index (χ3n) is 3.66. The van der Waals surface area contributed by atoms with Crippen LogP contribution < -0.4 is 5.73 Å². The van der Waals surface area contributed by atoms with Gasteiger partial charge in [0.05, 0.1) is 5.69 Å². The zero-order valence-corrected chi connectivity index (χ0v) is 11.9. The summed E-state index contributed by atoms with van der Waals surface area (Å²) < 4.78 is 2.22. The molecule has 0 saturated heterocycles. The highest BCUT2D eigenvalue weighted by atomic mass is 32.1. The molecule has 2 heterocycles. The molecule has 2 aromatic rings. The smallest absolute Gasteiger partial charge is 0.193 e. The van der Waals surface area contributed by atoms with Crippen LogP contribution in [-0.2, 0) is 6.42 Å². The molecule has 1 aliphatic carbocycles. The van der Waals surface area contributed by atoms with E-state index in [-0.39, 0.29) is 11.5 Å². The average molecular weight is 261 g/mol. The molecule has 1 aliphatic rings. The van der Waals surface area contributed by atoms with Crippen molar-refractivity contribution in [2.75, 3.05) is 0 Å². The third-order valence-corrected chi connectivity index (χ3v) is 4.62. The first-order valence-corrected chi connectivity index (χ1v) is 7.22. The summed E-state index contributed by atoms with van der Waals surface area (Å²) in [5.41, 5.74) is 10.3. The van der Waals surface area contributed by atoms with Gasteiger partial charge in [0.1, 0.15) is 0 Å². The SMILES string of the molecule is Cc1csc(-n2ccc3c2CC(C)(C)CC3N)n1. The van der Waals surface area contributed by atoms with Gasteiger partial charge in [0, 0.05) is 23.3 Å². The molecule has 2 aromatic heterocycles. The van der Waals surface area contributed by atoms with Crippen LogP contribution in [0.5, 0.6) is 0 Å². The fourth-order valence-corrected chi connectivity index (χ4v) is 3.68. The standard InChI is InChI=1S/C14H19N3S/c1-9-8-18-13(16-9)17-5-4-10-11(15)6-14(2,3)7-12(10)17/h4-5,8,11H,6-7,15H2,1-3H3. The Morgan fingerprint density at radius 2 is 2.28 bits per heavy atom. The number of nitrogens with two attached hydrogens (primary N) is 1. The van der Waals surface area contributed by atoms with Crippen LogP contribution in [0.4, 0.5) is 0 Å². The number of nitrogens with zero attached hydrogens (tertiary/aromatic N) is 2. The molecule has 0 saturated carbocycles. The van der Waals surface area contributed by atoms with Gasteiger partial charge in [-0.15, -0.1) is 11.3 Å². The van der Waals surface area contributed by atoms with Crippen molar-refractivity contribution in [2.45, 2.75) is 39.7 Å². The Labute approximate surface area is 112 Å². The zero-order valence-electron chi connectivity index (χ0n) is 11.1. The van der Waals surface area contributed by atoms with Gasteiger partial charge < -0.3 is 5.73 Å². The summed E-state index contributed by atoms with van der Waals surface area (Å²) in [4.78, 5) is 4.57. The monoisotopic (exact) mass is 261 g/mol. The molecule has 1 unspecified atom stereocenters. The zero-order chi connectivity index (χ0) is 12.9. The highest BCUT2D eigenvalue weighted by molar-refractivity contribution is 7.12. The molecular weight excluding hydrogens is 242 g/mol. The van der Waals surface area contributed by atoms with E-state index in [0.29, 0.717) is 0 Å². The van der Waals surface area contributed by atoms with Crippen molar-refractivity contribution in [3.63, 3.8) is 0 Å². The Morgan fingerprint density at radius 1 is 1.50 bits per heavy atom. The van der Waals surface area contributed by atoms with Gasteiger partial charge in [-0.05, 0) is 36.8 Å². The van der Waals surface area contributed by atoms with E-state index in [4.69, 9.17) is 5.73 Å². The Morgan fingerprint density at radius 3 is 2.94 bits per heavy atom. The molecule has 3 rings (SSSR count). The lowest BCUT2D eigenvalue weighted by molar-refractivity contribution is 0.278. The summed E-state index contributed by atoms with van der Waals surface area (Å²) in [6.07, 6.45) is 4.24. The Kier molecular flexibility index (Phi) is 2.61. The van der Waals surface area contributed by atoms with Gasteiger partial charge >= 0.3 is 0 Å². The average Bonchev–Trinajstić information content (AvgIpc) is 2.82. The fourth-order valence-electron chi connectivity index (χ4n) is 2.87. The normalized spacial score (nSPS) is 21.9. The van der Waals surface area contributed by atoms with Crippen molar-refractivity contribution in [3.8, 4) is 5.13 Å². The van der Waals surface area contributed by atoms with Crippen LogP contribution in [0, 0.1) is 12.3 Å². The van der Waals surface area contributed by atoms with E-state index in [1.807, 2.05) is 6.92 Å². The van der Waals surface area contributed by atoms with E-state index in [9.17, 15) is 0 Å². The van der Waals surface area contributed by atoms with E-state index in [1.54, 1.807) is 11.3 Å². The fraction of sp³-hybridized carbons (Fsp3) is 0.500. The molecule has 4 heteroatoms. The highest BCUT2D eigenvalue weighted by Crippen LogP contribution is 2.40. The van der Waals surface area contributed by atoms with Crippen LogP contribution in [0.2, 0.25) is 0 Å². The summed E-state index contributed by atoms with van der Waals surface area (Å²) in [5.74, 6) is 0. The Hall–Kier alpha value is -1.13. The van der Waals surface area contributed by atoms with E-state index in [1.165, 1.54) is 11.3 Å². The molecule has 96 valence electrons.